The van der Waals surface area contributed by atoms with Crippen LogP contribution in [0, 0.1) is 22.7 Å². The van der Waals surface area contributed by atoms with E-state index in [0.717, 1.165) is 25.7 Å². The molecule has 1 fully saturated rings. The van der Waals surface area contributed by atoms with Crippen LogP contribution in [0.5, 0.6) is 0 Å². The number of rotatable bonds is 7. The van der Waals surface area contributed by atoms with E-state index in [0.29, 0.717) is 13.1 Å². The number of sulfonamides is 1. The van der Waals surface area contributed by atoms with Crippen LogP contribution in [0.15, 0.2) is 23.1 Å². The van der Waals surface area contributed by atoms with Crippen molar-refractivity contribution in [3.05, 3.63) is 28.8 Å². The summed E-state index contributed by atoms with van der Waals surface area (Å²) < 4.78 is 27.6. The van der Waals surface area contributed by atoms with Crippen molar-refractivity contribution in [2.45, 2.75) is 43.4 Å². The van der Waals surface area contributed by atoms with Crippen molar-refractivity contribution < 1.29 is 13.2 Å². The normalized spacial score (nSPS) is 15.2. The Hall–Kier alpha value is -2.13. The summed E-state index contributed by atoms with van der Waals surface area (Å²) in [5.74, 6) is -0.422. The van der Waals surface area contributed by atoms with Gasteiger partial charge in [0.1, 0.15) is 4.90 Å². The molecule has 150 valence electrons. The van der Waals surface area contributed by atoms with E-state index in [1.165, 1.54) is 27.4 Å². The molecule has 7 nitrogen and oxygen atoms in total. The lowest BCUT2D eigenvalue weighted by molar-refractivity contribution is 0.0762. The van der Waals surface area contributed by atoms with Crippen molar-refractivity contribution in [2.24, 2.45) is 0 Å². The fourth-order valence-electron chi connectivity index (χ4n) is 3.12. The van der Waals surface area contributed by atoms with Gasteiger partial charge in [-0.1, -0.05) is 24.4 Å². The zero-order chi connectivity index (χ0) is 20.6. The summed E-state index contributed by atoms with van der Waals surface area (Å²) in [7, 11) is -3.81. The molecule has 1 amide bonds. The molecule has 0 aliphatic carbocycles. The maximum Gasteiger partial charge on any atom is 0.253 e. The Morgan fingerprint density at radius 2 is 1.64 bits per heavy atom. The first-order valence-corrected chi connectivity index (χ1v) is 11.1. The minimum Gasteiger partial charge on any atom is -0.337 e. The number of carbonyl (C=O) groups is 1. The van der Waals surface area contributed by atoms with Crippen LogP contribution in [0.25, 0.3) is 0 Å². The molecule has 1 aliphatic rings. The highest BCUT2D eigenvalue weighted by Crippen LogP contribution is 2.28. The van der Waals surface area contributed by atoms with Crippen LogP contribution in [0.2, 0.25) is 5.02 Å². The molecule has 0 N–H and O–H groups in total. The number of benzene rings is 1. The molecule has 1 aromatic carbocycles. The largest absolute Gasteiger partial charge is 0.337 e. The molecule has 0 radical (unpaired) electrons. The van der Waals surface area contributed by atoms with Crippen LogP contribution in [0.4, 0.5) is 0 Å². The minimum absolute atomic E-state index is 0.0707. The molecule has 0 spiro atoms. The van der Waals surface area contributed by atoms with Crippen molar-refractivity contribution in [3.63, 3.8) is 0 Å². The average Bonchev–Trinajstić information content (AvgIpc) is 2.98. The van der Waals surface area contributed by atoms with Crippen LogP contribution in [-0.2, 0) is 10.0 Å². The van der Waals surface area contributed by atoms with E-state index in [1.807, 2.05) is 12.1 Å². The summed E-state index contributed by atoms with van der Waals surface area (Å²) >= 11 is 6.18. The summed E-state index contributed by atoms with van der Waals surface area (Å²) in [6.07, 6.45) is 3.83. The van der Waals surface area contributed by atoms with Gasteiger partial charge in [0.05, 0.1) is 30.0 Å². The van der Waals surface area contributed by atoms with Crippen molar-refractivity contribution in [3.8, 4) is 12.1 Å². The second-order valence-electron chi connectivity index (χ2n) is 6.57. The van der Waals surface area contributed by atoms with Crippen LogP contribution < -0.4 is 0 Å². The van der Waals surface area contributed by atoms with Gasteiger partial charge in [0.2, 0.25) is 10.0 Å². The van der Waals surface area contributed by atoms with Gasteiger partial charge < -0.3 is 4.90 Å². The zero-order valence-corrected chi connectivity index (χ0v) is 17.2. The fraction of sp³-hybridized carbons (Fsp3) is 0.526. The van der Waals surface area contributed by atoms with Gasteiger partial charge in [0.25, 0.3) is 5.91 Å². The van der Waals surface area contributed by atoms with Gasteiger partial charge in [0, 0.05) is 31.7 Å². The van der Waals surface area contributed by atoms with Crippen LogP contribution in [-0.4, -0.2) is 49.7 Å². The summed E-state index contributed by atoms with van der Waals surface area (Å²) in [5.41, 5.74) is 0.175. The maximum absolute atomic E-state index is 13.1. The highest BCUT2D eigenvalue weighted by molar-refractivity contribution is 7.89. The number of hydrogen-bond acceptors (Lipinski definition) is 5. The highest BCUT2D eigenvalue weighted by atomic mass is 35.5. The van der Waals surface area contributed by atoms with Gasteiger partial charge in [-0.15, -0.1) is 0 Å². The number of nitrogens with zero attached hydrogens (tertiary/aromatic N) is 4. The molecular weight excluding hydrogens is 400 g/mol. The Morgan fingerprint density at radius 1 is 1.07 bits per heavy atom. The van der Waals surface area contributed by atoms with E-state index in [-0.39, 0.29) is 41.4 Å². The highest BCUT2D eigenvalue weighted by Gasteiger charge is 2.28. The molecule has 1 aromatic rings. The predicted octanol–water partition coefficient (Wildman–Crippen LogP) is 3.17. The molecule has 0 saturated carbocycles. The quantitative estimate of drug-likeness (QED) is 0.670. The van der Waals surface area contributed by atoms with Crippen molar-refractivity contribution in [1.82, 2.24) is 9.21 Å². The monoisotopic (exact) mass is 422 g/mol. The summed E-state index contributed by atoms with van der Waals surface area (Å²) in [6.45, 7) is 1.22. The van der Waals surface area contributed by atoms with E-state index in [1.54, 1.807) is 0 Å². The Bertz CT molecular complexity index is 863. The molecule has 0 aromatic heterocycles. The third-order valence-corrected chi connectivity index (χ3v) is 7.02. The topological polar surface area (TPSA) is 105 Å². The molecule has 0 atom stereocenters. The lowest BCUT2D eigenvalue weighted by atomic mass is 10.2. The van der Waals surface area contributed by atoms with E-state index >= 15 is 0 Å². The first-order valence-electron chi connectivity index (χ1n) is 9.24. The molecule has 2 rings (SSSR count). The summed E-state index contributed by atoms with van der Waals surface area (Å²) in [5, 5.41) is 17.7. The molecule has 9 heteroatoms. The second kappa shape index (κ2) is 10.4. The smallest absolute Gasteiger partial charge is 0.253 e. The average molecular weight is 423 g/mol. The molecule has 1 aliphatic heterocycles. The standard InChI is InChI=1S/C19H23ClN4O3S/c20-17-8-7-16(19(25)23(11-5-9-21)12-6-10-22)15-18(17)28(26,27)24-13-3-1-2-4-14-24/h7-8,15H,1-6,11-14H2. The van der Waals surface area contributed by atoms with E-state index in [2.05, 4.69) is 0 Å². The van der Waals surface area contributed by atoms with Gasteiger partial charge >= 0.3 is 0 Å². The molecule has 1 heterocycles. The SMILES string of the molecule is N#CCCN(CCC#N)C(=O)c1ccc(Cl)c(S(=O)(=O)N2CCCCCC2)c1. The van der Waals surface area contributed by atoms with Crippen molar-refractivity contribution in [2.75, 3.05) is 26.2 Å². The van der Waals surface area contributed by atoms with Gasteiger partial charge in [0.15, 0.2) is 0 Å². The molecule has 0 bridgehead atoms. The lowest BCUT2D eigenvalue weighted by Gasteiger charge is -2.23. The van der Waals surface area contributed by atoms with Crippen LogP contribution >= 0.6 is 11.6 Å². The zero-order valence-electron chi connectivity index (χ0n) is 15.6. The van der Waals surface area contributed by atoms with E-state index in [4.69, 9.17) is 22.1 Å². The number of nitriles is 2. The van der Waals surface area contributed by atoms with Crippen molar-refractivity contribution in [1.29, 1.82) is 10.5 Å². The molecular formula is C19H23ClN4O3S. The van der Waals surface area contributed by atoms with Gasteiger partial charge in [-0.05, 0) is 31.0 Å². The number of halogens is 1. The minimum atomic E-state index is -3.81. The molecule has 28 heavy (non-hydrogen) atoms. The Kier molecular flexibility index (Phi) is 8.25. The fourth-order valence-corrected chi connectivity index (χ4v) is 5.14. The lowest BCUT2D eigenvalue weighted by Crippen LogP contribution is -2.34. The third kappa shape index (κ3) is 5.45. The van der Waals surface area contributed by atoms with Gasteiger partial charge in [-0.25, -0.2) is 8.42 Å². The predicted molar refractivity (Wildman–Crippen MR) is 105 cm³/mol. The third-order valence-electron chi connectivity index (χ3n) is 4.64. The van der Waals surface area contributed by atoms with Gasteiger partial charge in [-0.3, -0.25) is 4.79 Å². The van der Waals surface area contributed by atoms with Crippen LogP contribution in [0.3, 0.4) is 0 Å². The molecule has 0 unspecified atom stereocenters. The van der Waals surface area contributed by atoms with E-state index in [9.17, 15) is 13.2 Å². The maximum atomic E-state index is 13.1. The first-order chi connectivity index (χ1) is 13.4. The Morgan fingerprint density at radius 3 is 2.18 bits per heavy atom. The number of hydrogen-bond donors (Lipinski definition) is 0. The Balaban J connectivity index is 2.34. The molecule has 1 saturated heterocycles. The van der Waals surface area contributed by atoms with Crippen molar-refractivity contribution >= 4 is 27.5 Å². The summed E-state index contributed by atoms with van der Waals surface area (Å²) in [6, 6.07) is 8.13. The Labute approximate surface area is 171 Å². The van der Waals surface area contributed by atoms with Crippen LogP contribution in [0.1, 0.15) is 48.9 Å². The van der Waals surface area contributed by atoms with E-state index < -0.39 is 15.9 Å². The second-order valence-corrected chi connectivity index (χ2v) is 8.89. The number of amides is 1. The van der Waals surface area contributed by atoms with Gasteiger partial charge in [-0.2, -0.15) is 14.8 Å². The summed E-state index contributed by atoms with van der Waals surface area (Å²) in [4.78, 5) is 14.1. The number of carbonyl (C=O) groups excluding carboxylic acids is 1. The first kappa shape index (κ1) is 22.2.